The molecule has 0 aliphatic rings. The molecule has 8 heteroatoms. The average Bonchev–Trinajstić information content (AvgIpc) is 3.07. The van der Waals surface area contributed by atoms with Gasteiger partial charge < -0.3 is 4.74 Å². The molecular weight excluding hydrogens is 366 g/mol. The first kappa shape index (κ1) is 18.8. The predicted octanol–water partition coefficient (Wildman–Crippen LogP) is 4.74. The standard InChI is InChI=1S/C19H19N3O4S/c1-3-12(2)13-8-9-14-17(10-13)27-19(20-14)21-18(23)11-26-16-7-5-4-6-15(16)22(24)25/h4-10,12H,3,11H2,1-2H3,(H,20,21,23). The lowest BCUT2D eigenvalue weighted by Gasteiger charge is -2.07. The number of fused-ring (bicyclic) bond motifs is 1. The summed E-state index contributed by atoms with van der Waals surface area (Å²) in [6, 6.07) is 12.0. The van der Waals surface area contributed by atoms with Crippen molar-refractivity contribution in [1.29, 1.82) is 0 Å². The SMILES string of the molecule is CCC(C)c1ccc2nc(NC(=O)COc3ccccc3[N+](=O)[O-])sc2c1. The Morgan fingerprint density at radius 2 is 2.11 bits per heavy atom. The number of benzene rings is 2. The fraction of sp³-hybridized carbons (Fsp3) is 0.263. The highest BCUT2D eigenvalue weighted by Gasteiger charge is 2.16. The number of thiazole rings is 1. The molecule has 0 spiro atoms. The van der Waals surface area contributed by atoms with Gasteiger partial charge in [-0.25, -0.2) is 4.98 Å². The van der Waals surface area contributed by atoms with E-state index in [9.17, 15) is 14.9 Å². The maximum atomic E-state index is 12.1. The first-order chi connectivity index (χ1) is 13.0. The quantitative estimate of drug-likeness (QED) is 0.468. The van der Waals surface area contributed by atoms with Crippen LogP contribution in [0.3, 0.4) is 0 Å². The summed E-state index contributed by atoms with van der Waals surface area (Å²) in [5, 5.41) is 14.1. The molecular formula is C19H19N3O4S. The molecule has 1 atom stereocenters. The minimum Gasteiger partial charge on any atom is -0.477 e. The number of rotatable bonds is 7. The molecule has 0 radical (unpaired) electrons. The molecule has 3 aromatic rings. The highest BCUT2D eigenvalue weighted by atomic mass is 32.1. The van der Waals surface area contributed by atoms with Gasteiger partial charge in [-0.1, -0.05) is 43.4 Å². The molecule has 1 aromatic heterocycles. The third kappa shape index (κ3) is 4.40. The van der Waals surface area contributed by atoms with E-state index in [0.717, 1.165) is 16.6 Å². The molecule has 1 unspecified atom stereocenters. The fourth-order valence-corrected chi connectivity index (χ4v) is 3.50. The number of hydrogen-bond acceptors (Lipinski definition) is 6. The van der Waals surface area contributed by atoms with Crippen LogP contribution in [0.1, 0.15) is 31.7 Å². The monoisotopic (exact) mass is 385 g/mol. The molecule has 0 bridgehead atoms. The van der Waals surface area contributed by atoms with Crippen LogP contribution in [0.15, 0.2) is 42.5 Å². The maximum absolute atomic E-state index is 12.1. The molecule has 1 N–H and O–H groups in total. The summed E-state index contributed by atoms with van der Waals surface area (Å²) >= 11 is 1.39. The minimum absolute atomic E-state index is 0.0557. The van der Waals surface area contributed by atoms with E-state index in [1.54, 1.807) is 12.1 Å². The largest absolute Gasteiger partial charge is 0.477 e. The van der Waals surface area contributed by atoms with Gasteiger partial charge in [-0.2, -0.15) is 0 Å². The van der Waals surface area contributed by atoms with Crippen LogP contribution in [0.4, 0.5) is 10.8 Å². The van der Waals surface area contributed by atoms with Gasteiger partial charge >= 0.3 is 5.69 Å². The molecule has 1 amide bonds. The lowest BCUT2D eigenvalue weighted by atomic mass is 9.99. The lowest BCUT2D eigenvalue weighted by Crippen LogP contribution is -2.20. The summed E-state index contributed by atoms with van der Waals surface area (Å²) in [6.45, 7) is 3.98. The number of hydrogen-bond donors (Lipinski definition) is 1. The van der Waals surface area contributed by atoms with Crippen molar-refractivity contribution in [3.63, 3.8) is 0 Å². The van der Waals surface area contributed by atoms with Crippen molar-refractivity contribution in [3.05, 3.63) is 58.1 Å². The van der Waals surface area contributed by atoms with Gasteiger partial charge in [-0.3, -0.25) is 20.2 Å². The maximum Gasteiger partial charge on any atom is 0.310 e. The Balaban J connectivity index is 1.67. The van der Waals surface area contributed by atoms with Crippen LogP contribution in [0.2, 0.25) is 0 Å². The number of aromatic nitrogens is 1. The average molecular weight is 385 g/mol. The van der Waals surface area contributed by atoms with Gasteiger partial charge in [0.15, 0.2) is 17.5 Å². The van der Waals surface area contributed by atoms with E-state index >= 15 is 0 Å². The Hall–Kier alpha value is -3.00. The first-order valence-electron chi connectivity index (χ1n) is 8.54. The number of carbonyl (C=O) groups is 1. The normalized spacial score (nSPS) is 11.9. The van der Waals surface area contributed by atoms with Crippen LogP contribution < -0.4 is 10.1 Å². The molecule has 0 aliphatic carbocycles. The van der Waals surface area contributed by atoms with Crippen LogP contribution in [0.5, 0.6) is 5.75 Å². The van der Waals surface area contributed by atoms with E-state index in [-0.39, 0.29) is 18.0 Å². The second-order valence-corrected chi connectivity index (χ2v) is 7.15. The van der Waals surface area contributed by atoms with Gasteiger partial charge in [0.2, 0.25) is 0 Å². The van der Waals surface area contributed by atoms with Crippen molar-refractivity contribution in [1.82, 2.24) is 4.98 Å². The number of nitro groups is 1. The highest BCUT2D eigenvalue weighted by molar-refractivity contribution is 7.22. The van der Waals surface area contributed by atoms with Crippen molar-refractivity contribution < 1.29 is 14.5 Å². The molecule has 0 saturated carbocycles. The third-order valence-electron chi connectivity index (χ3n) is 4.26. The molecule has 140 valence electrons. The van der Waals surface area contributed by atoms with E-state index in [0.29, 0.717) is 11.0 Å². The Labute approximate surface area is 160 Å². The number of para-hydroxylation sites is 2. The highest BCUT2D eigenvalue weighted by Crippen LogP contribution is 2.30. The summed E-state index contributed by atoms with van der Waals surface area (Å²) in [5.74, 6) is 0.0964. The van der Waals surface area contributed by atoms with Crippen molar-refractivity contribution in [3.8, 4) is 5.75 Å². The van der Waals surface area contributed by atoms with Gasteiger partial charge in [0, 0.05) is 6.07 Å². The first-order valence-corrected chi connectivity index (χ1v) is 9.36. The molecule has 2 aromatic carbocycles. The zero-order valence-electron chi connectivity index (χ0n) is 15.0. The number of anilines is 1. The summed E-state index contributed by atoms with van der Waals surface area (Å²) < 4.78 is 6.30. The smallest absolute Gasteiger partial charge is 0.310 e. The van der Waals surface area contributed by atoms with E-state index in [1.165, 1.54) is 29.0 Å². The van der Waals surface area contributed by atoms with Crippen LogP contribution in [-0.2, 0) is 4.79 Å². The molecule has 0 saturated heterocycles. The van der Waals surface area contributed by atoms with Crippen molar-refractivity contribution >= 4 is 38.3 Å². The fourth-order valence-electron chi connectivity index (χ4n) is 2.57. The van der Waals surface area contributed by atoms with Crippen LogP contribution in [-0.4, -0.2) is 22.4 Å². The number of nitrogens with zero attached hydrogens (tertiary/aromatic N) is 2. The van der Waals surface area contributed by atoms with Crippen molar-refractivity contribution in [2.45, 2.75) is 26.2 Å². The number of nitro benzene ring substituents is 1. The van der Waals surface area contributed by atoms with Crippen molar-refractivity contribution in [2.75, 3.05) is 11.9 Å². The zero-order valence-corrected chi connectivity index (χ0v) is 15.8. The van der Waals surface area contributed by atoms with Gasteiger partial charge in [-0.05, 0) is 36.1 Å². The zero-order chi connectivity index (χ0) is 19.4. The number of carbonyl (C=O) groups excluding carboxylic acids is 1. The summed E-state index contributed by atoms with van der Waals surface area (Å²) in [4.78, 5) is 27.0. The third-order valence-corrected chi connectivity index (χ3v) is 5.19. The van der Waals surface area contributed by atoms with E-state index in [4.69, 9.17) is 4.74 Å². The summed E-state index contributed by atoms with van der Waals surface area (Å²) in [7, 11) is 0. The number of ether oxygens (including phenoxy) is 1. The molecule has 0 aliphatic heterocycles. The minimum atomic E-state index is -0.546. The molecule has 0 fully saturated rings. The van der Waals surface area contributed by atoms with Gasteiger partial charge in [0.25, 0.3) is 5.91 Å². The number of nitrogens with one attached hydrogen (secondary N) is 1. The number of amides is 1. The second kappa shape index (κ2) is 8.13. The van der Waals surface area contributed by atoms with Crippen LogP contribution >= 0.6 is 11.3 Å². The van der Waals surface area contributed by atoms with Gasteiger partial charge in [0.05, 0.1) is 15.1 Å². The predicted molar refractivity (Wildman–Crippen MR) is 106 cm³/mol. The Morgan fingerprint density at radius 1 is 1.33 bits per heavy atom. The Morgan fingerprint density at radius 3 is 2.85 bits per heavy atom. The lowest BCUT2D eigenvalue weighted by molar-refractivity contribution is -0.385. The van der Waals surface area contributed by atoms with E-state index < -0.39 is 10.8 Å². The van der Waals surface area contributed by atoms with Crippen LogP contribution in [0.25, 0.3) is 10.2 Å². The summed E-state index contributed by atoms with van der Waals surface area (Å²) in [6.07, 6.45) is 1.05. The van der Waals surface area contributed by atoms with E-state index in [2.05, 4.69) is 36.3 Å². The molecule has 7 nitrogen and oxygen atoms in total. The Kier molecular flexibility index (Phi) is 5.66. The van der Waals surface area contributed by atoms with Gasteiger partial charge in [0.1, 0.15) is 0 Å². The van der Waals surface area contributed by atoms with E-state index in [1.807, 2.05) is 6.07 Å². The molecule has 1 heterocycles. The second-order valence-electron chi connectivity index (χ2n) is 6.12. The molecule has 27 heavy (non-hydrogen) atoms. The summed E-state index contributed by atoms with van der Waals surface area (Å²) in [5.41, 5.74) is 1.89. The topological polar surface area (TPSA) is 94.4 Å². The van der Waals surface area contributed by atoms with Crippen LogP contribution in [0, 0.1) is 10.1 Å². The van der Waals surface area contributed by atoms with Gasteiger partial charge in [-0.15, -0.1) is 0 Å². The van der Waals surface area contributed by atoms with Crippen molar-refractivity contribution in [2.24, 2.45) is 0 Å². The molecule has 3 rings (SSSR count). The Bertz CT molecular complexity index is 986.